The molecule has 1 saturated heterocycles. The largest absolute Gasteiger partial charge is 0.444 e. The quantitative estimate of drug-likeness (QED) is 0.892. The van der Waals surface area contributed by atoms with Crippen LogP contribution in [0.5, 0.6) is 0 Å². The minimum Gasteiger partial charge on any atom is -0.444 e. The number of nitrogens with zero attached hydrogens (tertiary/aromatic N) is 2. The summed E-state index contributed by atoms with van der Waals surface area (Å²) in [4.78, 5) is 14.5. The highest BCUT2D eigenvalue weighted by atomic mass is 16.4. The molecule has 5 heteroatoms. The number of nitriles is 1. The molecule has 136 valence electrons. The SMILES string of the molecule is Cc1oc(NC(=O)CN2CCC(Cc3ccccc3)CC2)c(C#N)c1C. The second-order valence-electron chi connectivity index (χ2n) is 7.06. The van der Waals surface area contributed by atoms with Crippen molar-refractivity contribution in [2.24, 2.45) is 5.92 Å². The molecule has 1 aliphatic rings. The maximum Gasteiger partial charge on any atom is 0.240 e. The lowest BCUT2D eigenvalue weighted by Gasteiger charge is -2.31. The lowest BCUT2D eigenvalue weighted by atomic mass is 9.90. The van der Waals surface area contributed by atoms with Crippen LogP contribution in [0, 0.1) is 31.1 Å². The molecule has 1 N–H and O–H groups in total. The fourth-order valence-electron chi connectivity index (χ4n) is 3.51. The molecule has 0 saturated carbocycles. The van der Waals surface area contributed by atoms with Crippen LogP contribution in [0.1, 0.15) is 35.3 Å². The minimum atomic E-state index is -0.128. The zero-order valence-corrected chi connectivity index (χ0v) is 15.4. The van der Waals surface area contributed by atoms with Gasteiger partial charge in [-0.3, -0.25) is 15.0 Å². The van der Waals surface area contributed by atoms with E-state index in [1.807, 2.05) is 13.0 Å². The predicted molar refractivity (Wildman–Crippen MR) is 101 cm³/mol. The Labute approximate surface area is 154 Å². The van der Waals surface area contributed by atoms with Gasteiger partial charge in [0.15, 0.2) is 0 Å². The van der Waals surface area contributed by atoms with Gasteiger partial charge in [-0.15, -0.1) is 0 Å². The highest BCUT2D eigenvalue weighted by molar-refractivity contribution is 5.92. The van der Waals surface area contributed by atoms with Crippen LogP contribution in [0.25, 0.3) is 0 Å². The molecule has 0 spiro atoms. The van der Waals surface area contributed by atoms with E-state index >= 15 is 0 Å². The van der Waals surface area contributed by atoms with Crippen LogP contribution in [0.2, 0.25) is 0 Å². The molecule has 0 unspecified atom stereocenters. The lowest BCUT2D eigenvalue weighted by Crippen LogP contribution is -2.39. The number of anilines is 1. The van der Waals surface area contributed by atoms with Crippen LogP contribution in [-0.4, -0.2) is 30.4 Å². The summed E-state index contributed by atoms with van der Waals surface area (Å²) in [5, 5.41) is 12.0. The number of hydrogen-bond donors (Lipinski definition) is 1. The monoisotopic (exact) mass is 351 g/mol. The van der Waals surface area contributed by atoms with E-state index in [1.54, 1.807) is 6.92 Å². The van der Waals surface area contributed by atoms with Crippen LogP contribution >= 0.6 is 0 Å². The molecule has 3 rings (SSSR count). The number of amides is 1. The summed E-state index contributed by atoms with van der Waals surface area (Å²) < 4.78 is 5.51. The fraction of sp³-hybridized carbons (Fsp3) is 0.429. The van der Waals surface area contributed by atoms with Gasteiger partial charge in [-0.1, -0.05) is 30.3 Å². The van der Waals surface area contributed by atoms with Gasteiger partial charge in [0.2, 0.25) is 11.8 Å². The molecule has 1 fully saturated rings. The van der Waals surface area contributed by atoms with Crippen LogP contribution in [-0.2, 0) is 11.2 Å². The highest BCUT2D eigenvalue weighted by Crippen LogP contribution is 2.25. The Morgan fingerprint density at radius 2 is 1.96 bits per heavy atom. The van der Waals surface area contributed by atoms with Crippen molar-refractivity contribution in [1.82, 2.24) is 4.90 Å². The zero-order valence-electron chi connectivity index (χ0n) is 15.4. The van der Waals surface area contributed by atoms with E-state index in [0.29, 0.717) is 23.8 Å². The first kappa shape index (κ1) is 18.2. The number of hydrogen-bond acceptors (Lipinski definition) is 4. The van der Waals surface area contributed by atoms with Crippen LogP contribution in [0.15, 0.2) is 34.7 Å². The summed E-state index contributed by atoms with van der Waals surface area (Å²) in [5.41, 5.74) is 2.58. The van der Waals surface area contributed by atoms with Crippen molar-refractivity contribution in [3.8, 4) is 6.07 Å². The third-order valence-corrected chi connectivity index (χ3v) is 5.19. The van der Waals surface area contributed by atoms with E-state index < -0.39 is 0 Å². The predicted octanol–water partition coefficient (Wildman–Crippen LogP) is 3.66. The standard InChI is InChI=1S/C21H25N3O2/c1-15-16(2)26-21(19(15)13-22)23-20(25)14-24-10-8-18(9-11-24)12-17-6-4-3-5-7-17/h3-7,18H,8-12,14H2,1-2H3,(H,23,25). The number of likely N-dealkylation sites (tertiary alicyclic amines) is 1. The van der Waals surface area contributed by atoms with E-state index in [0.717, 1.165) is 37.9 Å². The van der Waals surface area contributed by atoms with Crippen molar-refractivity contribution in [3.63, 3.8) is 0 Å². The van der Waals surface area contributed by atoms with Gasteiger partial charge in [-0.2, -0.15) is 5.26 Å². The number of nitrogens with one attached hydrogen (secondary N) is 1. The van der Waals surface area contributed by atoms with Gasteiger partial charge in [0, 0.05) is 5.56 Å². The van der Waals surface area contributed by atoms with Gasteiger partial charge in [-0.05, 0) is 57.7 Å². The molecule has 0 bridgehead atoms. The van der Waals surface area contributed by atoms with E-state index in [4.69, 9.17) is 4.42 Å². The van der Waals surface area contributed by atoms with E-state index in [9.17, 15) is 10.1 Å². The molecular weight excluding hydrogens is 326 g/mol. The first-order chi connectivity index (χ1) is 12.6. The summed E-state index contributed by atoms with van der Waals surface area (Å²) in [6.45, 7) is 5.80. The molecular formula is C21H25N3O2. The van der Waals surface area contributed by atoms with Crippen molar-refractivity contribution in [3.05, 3.63) is 52.8 Å². The number of rotatable bonds is 5. The number of carbonyl (C=O) groups excluding carboxylic acids is 1. The van der Waals surface area contributed by atoms with Crippen molar-refractivity contribution < 1.29 is 9.21 Å². The molecule has 1 aromatic carbocycles. The fourth-order valence-corrected chi connectivity index (χ4v) is 3.51. The minimum absolute atomic E-state index is 0.128. The number of aryl methyl sites for hydroxylation is 1. The lowest BCUT2D eigenvalue weighted by molar-refractivity contribution is -0.117. The third-order valence-electron chi connectivity index (χ3n) is 5.19. The summed E-state index contributed by atoms with van der Waals surface area (Å²) >= 11 is 0. The number of furan rings is 1. The number of carbonyl (C=O) groups is 1. The summed E-state index contributed by atoms with van der Waals surface area (Å²) in [6.07, 6.45) is 3.31. The van der Waals surface area contributed by atoms with Gasteiger partial charge >= 0.3 is 0 Å². The molecule has 1 aliphatic heterocycles. The van der Waals surface area contributed by atoms with Gasteiger partial charge in [-0.25, -0.2) is 0 Å². The highest BCUT2D eigenvalue weighted by Gasteiger charge is 2.22. The Bertz CT molecular complexity index is 797. The normalized spacial score (nSPS) is 15.6. The average molecular weight is 351 g/mol. The van der Waals surface area contributed by atoms with Crippen molar-refractivity contribution >= 4 is 11.8 Å². The molecule has 0 radical (unpaired) electrons. The van der Waals surface area contributed by atoms with Gasteiger partial charge in [0.1, 0.15) is 17.4 Å². The van der Waals surface area contributed by atoms with Crippen molar-refractivity contribution in [1.29, 1.82) is 5.26 Å². The maximum atomic E-state index is 12.3. The Hall–Kier alpha value is -2.58. The average Bonchev–Trinajstić information content (AvgIpc) is 2.90. The summed E-state index contributed by atoms with van der Waals surface area (Å²) in [6, 6.07) is 12.7. The maximum absolute atomic E-state index is 12.3. The molecule has 26 heavy (non-hydrogen) atoms. The third kappa shape index (κ3) is 4.33. The smallest absolute Gasteiger partial charge is 0.240 e. The Morgan fingerprint density at radius 3 is 2.62 bits per heavy atom. The summed E-state index contributed by atoms with van der Waals surface area (Å²) in [7, 11) is 0. The van der Waals surface area contributed by atoms with Crippen LogP contribution in [0.3, 0.4) is 0 Å². The van der Waals surface area contributed by atoms with Gasteiger partial charge < -0.3 is 4.42 Å². The Morgan fingerprint density at radius 1 is 1.27 bits per heavy atom. The first-order valence-electron chi connectivity index (χ1n) is 9.13. The molecule has 1 amide bonds. The van der Waals surface area contributed by atoms with Crippen LogP contribution < -0.4 is 5.32 Å². The van der Waals surface area contributed by atoms with Crippen molar-refractivity contribution in [2.45, 2.75) is 33.1 Å². The van der Waals surface area contributed by atoms with Gasteiger partial charge in [0.25, 0.3) is 0 Å². The van der Waals surface area contributed by atoms with Crippen LogP contribution in [0.4, 0.5) is 5.88 Å². The van der Waals surface area contributed by atoms with E-state index in [2.05, 4.69) is 40.6 Å². The van der Waals surface area contributed by atoms with Gasteiger partial charge in [0.05, 0.1) is 6.54 Å². The molecule has 5 nitrogen and oxygen atoms in total. The molecule has 0 aliphatic carbocycles. The zero-order chi connectivity index (χ0) is 18.5. The first-order valence-corrected chi connectivity index (χ1v) is 9.13. The number of piperidine rings is 1. The molecule has 2 heterocycles. The second-order valence-corrected chi connectivity index (χ2v) is 7.06. The summed E-state index contributed by atoms with van der Waals surface area (Å²) in [5.74, 6) is 1.49. The Kier molecular flexibility index (Phi) is 5.75. The van der Waals surface area contributed by atoms with E-state index in [-0.39, 0.29) is 11.8 Å². The molecule has 1 aromatic heterocycles. The van der Waals surface area contributed by atoms with E-state index in [1.165, 1.54) is 5.56 Å². The number of benzene rings is 1. The molecule has 0 atom stereocenters. The topological polar surface area (TPSA) is 69.3 Å². The Balaban J connectivity index is 1.48. The molecule has 2 aromatic rings. The van der Waals surface area contributed by atoms with Crippen molar-refractivity contribution in [2.75, 3.05) is 25.0 Å². The second kappa shape index (κ2) is 8.20.